The van der Waals surface area contributed by atoms with Crippen LogP contribution < -0.4 is 9.42 Å². The molecule has 0 aliphatic heterocycles. The molecule has 0 amide bonds. The molecule has 0 aliphatic carbocycles. The van der Waals surface area contributed by atoms with Gasteiger partial charge in [0, 0.05) is 0 Å². The molecule has 0 spiro atoms. The average molecular weight is 215 g/mol. The number of hydrogen-bond acceptors (Lipinski definition) is 4. The summed E-state index contributed by atoms with van der Waals surface area (Å²) in [5, 5.41) is 0. The summed E-state index contributed by atoms with van der Waals surface area (Å²) >= 11 is 0. The largest absolute Gasteiger partial charge is 0.746 e. The van der Waals surface area contributed by atoms with E-state index in [0.717, 1.165) is 0 Å². The second-order valence-electron chi connectivity index (χ2n) is 3.01. The number of benzene rings is 1. The lowest BCUT2D eigenvalue weighted by Gasteiger charge is -2.24. The van der Waals surface area contributed by atoms with Gasteiger partial charge in [-0.15, -0.1) is 0 Å². The van der Waals surface area contributed by atoms with Gasteiger partial charge in [0.15, 0.2) is 0 Å². The molecule has 1 aromatic rings. The molecule has 0 bridgehead atoms. The number of para-hydroxylation sites is 1. The third-order valence-electron chi connectivity index (χ3n) is 1.30. The molecule has 0 N–H and O–H groups in total. The lowest BCUT2D eigenvalue weighted by atomic mass is 10.3. The molecular formula is C9H12O4P-. The van der Waals surface area contributed by atoms with Crippen molar-refractivity contribution in [3.63, 3.8) is 0 Å². The molecular weight excluding hydrogens is 203 g/mol. The van der Waals surface area contributed by atoms with Crippen molar-refractivity contribution in [2.45, 2.75) is 20.0 Å². The van der Waals surface area contributed by atoms with Crippen molar-refractivity contribution in [2.24, 2.45) is 0 Å². The normalized spacial score (nSPS) is 15.1. The summed E-state index contributed by atoms with van der Waals surface area (Å²) in [4.78, 5) is 11.2. The first-order chi connectivity index (χ1) is 6.49. The van der Waals surface area contributed by atoms with E-state index in [4.69, 9.17) is 4.52 Å². The van der Waals surface area contributed by atoms with Gasteiger partial charge in [-0.2, -0.15) is 0 Å². The number of hydrogen-bond donors (Lipinski definition) is 0. The first kappa shape index (κ1) is 11.2. The zero-order valence-corrected chi connectivity index (χ0v) is 8.94. The molecule has 0 fully saturated rings. The highest BCUT2D eigenvalue weighted by Crippen LogP contribution is 2.40. The van der Waals surface area contributed by atoms with Crippen molar-refractivity contribution in [1.82, 2.24) is 0 Å². The number of phosphoric ester groups is 1. The highest BCUT2D eigenvalue weighted by Gasteiger charge is 2.12. The molecule has 0 aromatic heterocycles. The van der Waals surface area contributed by atoms with Crippen LogP contribution in [-0.4, -0.2) is 6.10 Å². The molecule has 1 rings (SSSR count). The average Bonchev–Trinajstić information content (AvgIpc) is 2.02. The number of rotatable bonds is 4. The van der Waals surface area contributed by atoms with Crippen LogP contribution in [0.2, 0.25) is 0 Å². The Kier molecular flexibility index (Phi) is 3.69. The third-order valence-corrected chi connectivity index (χ3v) is 2.41. The summed E-state index contributed by atoms with van der Waals surface area (Å²) in [5.74, 6) is 0.256. The monoisotopic (exact) mass is 215 g/mol. The van der Waals surface area contributed by atoms with Crippen LogP contribution in [0.15, 0.2) is 30.3 Å². The van der Waals surface area contributed by atoms with E-state index >= 15 is 0 Å². The van der Waals surface area contributed by atoms with Crippen LogP contribution in [0.25, 0.3) is 0 Å². The van der Waals surface area contributed by atoms with Gasteiger partial charge < -0.3 is 13.9 Å². The maximum absolute atomic E-state index is 11.2. The molecule has 4 nitrogen and oxygen atoms in total. The molecule has 0 radical (unpaired) electrons. The summed E-state index contributed by atoms with van der Waals surface area (Å²) in [6.45, 7) is 3.25. The Morgan fingerprint density at radius 2 is 1.86 bits per heavy atom. The van der Waals surface area contributed by atoms with Gasteiger partial charge in [-0.05, 0) is 26.0 Å². The quantitative estimate of drug-likeness (QED) is 0.720. The molecule has 0 heterocycles. The van der Waals surface area contributed by atoms with Gasteiger partial charge in [0.1, 0.15) is 5.75 Å². The van der Waals surface area contributed by atoms with Gasteiger partial charge in [-0.25, -0.2) is 0 Å². The molecule has 0 saturated heterocycles. The first-order valence-electron chi connectivity index (χ1n) is 4.24. The second kappa shape index (κ2) is 4.60. The minimum absolute atomic E-state index is 0.256. The van der Waals surface area contributed by atoms with E-state index in [1.807, 2.05) is 0 Å². The minimum atomic E-state index is -4.22. The van der Waals surface area contributed by atoms with Crippen molar-refractivity contribution in [2.75, 3.05) is 0 Å². The van der Waals surface area contributed by atoms with Gasteiger partial charge in [-0.3, -0.25) is 4.57 Å². The Morgan fingerprint density at radius 1 is 1.29 bits per heavy atom. The van der Waals surface area contributed by atoms with Crippen LogP contribution >= 0.6 is 7.82 Å². The van der Waals surface area contributed by atoms with Crippen LogP contribution in [0.1, 0.15) is 13.8 Å². The van der Waals surface area contributed by atoms with E-state index in [2.05, 4.69) is 4.52 Å². The Hall–Kier alpha value is -0.830. The fraction of sp³-hybridized carbons (Fsp3) is 0.333. The highest BCUT2D eigenvalue weighted by atomic mass is 31.2. The summed E-state index contributed by atoms with van der Waals surface area (Å²) in [6.07, 6.45) is -0.415. The minimum Gasteiger partial charge on any atom is -0.746 e. The van der Waals surface area contributed by atoms with Crippen LogP contribution in [0.5, 0.6) is 5.75 Å². The maximum atomic E-state index is 11.2. The van der Waals surface area contributed by atoms with E-state index < -0.39 is 13.9 Å². The maximum Gasteiger partial charge on any atom is 0.320 e. The van der Waals surface area contributed by atoms with E-state index in [-0.39, 0.29) is 5.75 Å². The van der Waals surface area contributed by atoms with E-state index in [0.29, 0.717) is 0 Å². The van der Waals surface area contributed by atoms with Gasteiger partial charge in [0.05, 0.1) is 6.10 Å². The molecule has 1 unspecified atom stereocenters. The van der Waals surface area contributed by atoms with Crippen molar-refractivity contribution < 1.29 is 18.5 Å². The summed E-state index contributed by atoms with van der Waals surface area (Å²) in [7, 11) is -4.22. The van der Waals surface area contributed by atoms with Crippen LogP contribution in [0, 0.1) is 0 Å². The topological polar surface area (TPSA) is 58.6 Å². The molecule has 0 aliphatic rings. The highest BCUT2D eigenvalue weighted by molar-refractivity contribution is 7.46. The van der Waals surface area contributed by atoms with Gasteiger partial charge in [0.2, 0.25) is 0 Å². The molecule has 0 saturated carbocycles. The molecule has 1 aromatic carbocycles. The SMILES string of the molecule is CC(C)OP(=O)([O-])Oc1ccccc1. The van der Waals surface area contributed by atoms with Crippen LogP contribution in [-0.2, 0) is 9.09 Å². The van der Waals surface area contributed by atoms with Gasteiger partial charge >= 0.3 is 7.82 Å². The lowest BCUT2D eigenvalue weighted by Crippen LogP contribution is -2.14. The predicted molar refractivity (Wildman–Crippen MR) is 50.9 cm³/mol. The molecule has 1 atom stereocenters. The Labute approximate surface area is 83.1 Å². The first-order valence-corrected chi connectivity index (χ1v) is 5.70. The van der Waals surface area contributed by atoms with E-state index in [9.17, 15) is 9.46 Å². The zero-order chi connectivity index (χ0) is 10.6. The summed E-state index contributed by atoms with van der Waals surface area (Å²) in [6, 6.07) is 8.24. The second-order valence-corrected chi connectivity index (χ2v) is 4.29. The fourth-order valence-electron chi connectivity index (χ4n) is 0.890. The Morgan fingerprint density at radius 3 is 2.36 bits per heavy atom. The standard InChI is InChI=1S/C9H13O4P/c1-8(2)12-14(10,11)13-9-6-4-3-5-7-9/h3-8H,1-2H3,(H,10,11)/p-1. The third kappa shape index (κ3) is 3.92. The van der Waals surface area contributed by atoms with Crippen molar-refractivity contribution in [3.05, 3.63) is 30.3 Å². The molecule has 14 heavy (non-hydrogen) atoms. The van der Waals surface area contributed by atoms with Crippen LogP contribution in [0.4, 0.5) is 0 Å². The van der Waals surface area contributed by atoms with Gasteiger partial charge in [-0.1, -0.05) is 18.2 Å². The van der Waals surface area contributed by atoms with E-state index in [1.165, 1.54) is 0 Å². The van der Waals surface area contributed by atoms with E-state index in [1.54, 1.807) is 44.2 Å². The van der Waals surface area contributed by atoms with Crippen molar-refractivity contribution in [3.8, 4) is 5.75 Å². The lowest BCUT2D eigenvalue weighted by molar-refractivity contribution is -0.219. The zero-order valence-electron chi connectivity index (χ0n) is 8.04. The molecule has 78 valence electrons. The summed E-state index contributed by atoms with van der Waals surface area (Å²) < 4.78 is 20.5. The Bertz CT molecular complexity index is 323. The molecule has 5 heteroatoms. The van der Waals surface area contributed by atoms with Crippen molar-refractivity contribution >= 4 is 7.82 Å². The fourth-order valence-corrected chi connectivity index (χ4v) is 1.83. The number of phosphoric acid groups is 1. The van der Waals surface area contributed by atoms with Crippen LogP contribution in [0.3, 0.4) is 0 Å². The van der Waals surface area contributed by atoms with Gasteiger partial charge in [0.25, 0.3) is 0 Å². The van der Waals surface area contributed by atoms with Crippen molar-refractivity contribution in [1.29, 1.82) is 0 Å². The summed E-state index contributed by atoms with van der Waals surface area (Å²) in [5.41, 5.74) is 0. The Balaban J connectivity index is 2.64. The predicted octanol–water partition coefficient (Wildman–Crippen LogP) is 1.96. The smallest absolute Gasteiger partial charge is 0.320 e.